The van der Waals surface area contributed by atoms with E-state index < -0.39 is 0 Å². The van der Waals surface area contributed by atoms with Gasteiger partial charge in [-0.1, -0.05) is 24.3 Å². The van der Waals surface area contributed by atoms with Gasteiger partial charge in [-0.3, -0.25) is 4.79 Å². The van der Waals surface area contributed by atoms with Crippen molar-refractivity contribution in [2.24, 2.45) is 0 Å². The molecule has 0 saturated carbocycles. The van der Waals surface area contributed by atoms with Crippen LogP contribution >= 0.6 is 0 Å². The number of rotatable bonds is 3. The number of phenolic OH excluding ortho intramolecular Hbond substituents is 1. The third-order valence-electron chi connectivity index (χ3n) is 6.30. The molecule has 1 saturated heterocycles. The fraction of sp³-hybridized carbons (Fsp3) is 0.435. The lowest BCUT2D eigenvalue weighted by Gasteiger charge is -2.22. The Morgan fingerprint density at radius 1 is 1.07 bits per heavy atom. The van der Waals surface area contributed by atoms with Crippen LogP contribution in [-0.4, -0.2) is 45.0 Å². The van der Waals surface area contributed by atoms with Crippen molar-refractivity contribution in [2.75, 3.05) is 13.2 Å². The molecule has 1 aromatic heterocycles. The number of carbonyl (C=O) groups excluding carboxylic acids is 1. The van der Waals surface area contributed by atoms with E-state index >= 15 is 0 Å². The normalized spacial score (nSPS) is 19.9. The summed E-state index contributed by atoms with van der Waals surface area (Å²) in [7, 11) is 0. The van der Waals surface area contributed by atoms with E-state index in [1.807, 2.05) is 24.3 Å². The first kappa shape index (κ1) is 19.1. The number of carbonyl (C=O) groups is 1. The number of nitrogens with one attached hydrogen (secondary N) is 1. The van der Waals surface area contributed by atoms with E-state index in [0.717, 1.165) is 74.3 Å². The highest BCUT2D eigenvalue weighted by atomic mass is 16.5. The van der Waals surface area contributed by atoms with Crippen molar-refractivity contribution in [3.63, 3.8) is 0 Å². The highest BCUT2D eigenvalue weighted by molar-refractivity contribution is 6.01. The van der Waals surface area contributed by atoms with Crippen molar-refractivity contribution in [3.05, 3.63) is 53.6 Å². The third kappa shape index (κ3) is 3.65. The van der Waals surface area contributed by atoms with Gasteiger partial charge < -0.3 is 19.7 Å². The molecular weight excluding hydrogens is 380 g/mol. The molecule has 3 aromatic rings. The van der Waals surface area contributed by atoms with Gasteiger partial charge >= 0.3 is 0 Å². The van der Waals surface area contributed by atoms with E-state index in [-0.39, 0.29) is 17.7 Å². The molecule has 5 rings (SSSR count). The van der Waals surface area contributed by atoms with Gasteiger partial charge in [-0.2, -0.15) is 0 Å². The van der Waals surface area contributed by atoms with Gasteiger partial charge in [0.1, 0.15) is 17.4 Å². The van der Waals surface area contributed by atoms with Crippen LogP contribution in [-0.2, 0) is 17.7 Å². The van der Waals surface area contributed by atoms with Crippen molar-refractivity contribution in [1.82, 2.24) is 20.1 Å². The largest absolute Gasteiger partial charge is 0.507 e. The number of hydrogen-bond acceptors (Lipinski definition) is 5. The molecule has 2 aromatic carbocycles. The SMILES string of the molecule is O=C(NC1CCc2nnc(C3CCOCC3)n2CC1)c1cc2ccccc2cc1O. The highest BCUT2D eigenvalue weighted by Crippen LogP contribution is 2.28. The summed E-state index contributed by atoms with van der Waals surface area (Å²) in [6.07, 6.45) is 4.39. The van der Waals surface area contributed by atoms with Gasteiger partial charge in [0.2, 0.25) is 0 Å². The Morgan fingerprint density at radius 3 is 2.63 bits per heavy atom. The second kappa shape index (κ2) is 8.07. The monoisotopic (exact) mass is 406 g/mol. The molecule has 3 heterocycles. The van der Waals surface area contributed by atoms with Gasteiger partial charge in [-0.25, -0.2) is 0 Å². The van der Waals surface area contributed by atoms with Gasteiger partial charge in [-0.05, 0) is 48.6 Å². The van der Waals surface area contributed by atoms with Crippen molar-refractivity contribution < 1.29 is 14.6 Å². The van der Waals surface area contributed by atoms with Gasteiger partial charge in [0.15, 0.2) is 0 Å². The van der Waals surface area contributed by atoms with Crippen LogP contribution < -0.4 is 5.32 Å². The van der Waals surface area contributed by atoms with E-state index in [4.69, 9.17) is 4.74 Å². The van der Waals surface area contributed by atoms with E-state index in [0.29, 0.717) is 11.5 Å². The summed E-state index contributed by atoms with van der Waals surface area (Å²) in [6.45, 7) is 2.35. The molecule has 0 radical (unpaired) electrons. The predicted octanol–water partition coefficient (Wildman–Crippen LogP) is 3.17. The fourth-order valence-corrected chi connectivity index (χ4v) is 4.59. The van der Waals surface area contributed by atoms with Gasteiger partial charge in [0.25, 0.3) is 5.91 Å². The molecule has 1 fully saturated rings. The molecule has 7 nitrogen and oxygen atoms in total. The maximum Gasteiger partial charge on any atom is 0.255 e. The first-order chi connectivity index (χ1) is 14.7. The van der Waals surface area contributed by atoms with Crippen LogP contribution in [0.2, 0.25) is 0 Å². The zero-order chi connectivity index (χ0) is 20.5. The van der Waals surface area contributed by atoms with Crippen LogP contribution in [0.15, 0.2) is 36.4 Å². The van der Waals surface area contributed by atoms with Crippen LogP contribution in [0.3, 0.4) is 0 Å². The second-order valence-electron chi connectivity index (χ2n) is 8.23. The number of hydrogen-bond donors (Lipinski definition) is 2. The summed E-state index contributed by atoms with van der Waals surface area (Å²) in [5, 5.41) is 24.2. The molecule has 156 valence electrons. The fourth-order valence-electron chi connectivity index (χ4n) is 4.59. The third-order valence-corrected chi connectivity index (χ3v) is 6.30. The van der Waals surface area contributed by atoms with Crippen LogP contribution in [0.1, 0.15) is 53.6 Å². The number of aromatic nitrogens is 3. The summed E-state index contributed by atoms with van der Waals surface area (Å²) >= 11 is 0. The minimum atomic E-state index is -0.231. The number of fused-ring (bicyclic) bond motifs is 2. The Bertz CT molecular complexity index is 1070. The molecule has 1 unspecified atom stereocenters. The minimum absolute atomic E-state index is 0.0127. The molecule has 2 aliphatic rings. The summed E-state index contributed by atoms with van der Waals surface area (Å²) in [5.74, 6) is 2.25. The average molecular weight is 406 g/mol. The van der Waals surface area contributed by atoms with Crippen LogP contribution in [0, 0.1) is 0 Å². The molecule has 30 heavy (non-hydrogen) atoms. The molecule has 1 atom stereocenters. The van der Waals surface area contributed by atoms with Gasteiger partial charge in [0, 0.05) is 38.1 Å². The summed E-state index contributed by atoms with van der Waals surface area (Å²) in [4.78, 5) is 12.9. The highest BCUT2D eigenvalue weighted by Gasteiger charge is 2.27. The number of aromatic hydroxyl groups is 1. The molecule has 0 spiro atoms. The summed E-state index contributed by atoms with van der Waals surface area (Å²) in [5.41, 5.74) is 0.320. The Kier molecular flexibility index (Phi) is 5.12. The molecular formula is C23H26N4O3. The van der Waals surface area contributed by atoms with Gasteiger partial charge in [-0.15, -0.1) is 10.2 Å². The van der Waals surface area contributed by atoms with Crippen molar-refractivity contribution in [3.8, 4) is 5.75 Å². The van der Waals surface area contributed by atoms with E-state index in [1.54, 1.807) is 12.1 Å². The Morgan fingerprint density at radius 2 is 1.83 bits per heavy atom. The van der Waals surface area contributed by atoms with Crippen molar-refractivity contribution >= 4 is 16.7 Å². The molecule has 2 aliphatic heterocycles. The number of nitrogens with zero attached hydrogens (tertiary/aromatic N) is 3. The molecule has 2 N–H and O–H groups in total. The Labute approximate surface area is 175 Å². The first-order valence-corrected chi connectivity index (χ1v) is 10.7. The van der Waals surface area contributed by atoms with Gasteiger partial charge in [0.05, 0.1) is 5.56 Å². The Balaban J connectivity index is 1.29. The van der Waals surface area contributed by atoms with E-state index in [2.05, 4.69) is 20.1 Å². The molecule has 7 heteroatoms. The standard InChI is InChI=1S/C23H26N4O3/c28-20-14-17-4-2-1-3-16(17)13-19(20)23(29)24-18-5-6-21-25-26-22(27(21)10-7-18)15-8-11-30-12-9-15/h1-4,13-15,18,28H,5-12H2,(H,24,29). The minimum Gasteiger partial charge on any atom is -0.507 e. The zero-order valence-electron chi connectivity index (χ0n) is 16.9. The maximum absolute atomic E-state index is 12.9. The molecule has 1 amide bonds. The summed E-state index contributed by atoms with van der Waals surface area (Å²) < 4.78 is 7.73. The smallest absolute Gasteiger partial charge is 0.255 e. The summed E-state index contributed by atoms with van der Waals surface area (Å²) in [6, 6.07) is 11.2. The quantitative estimate of drug-likeness (QED) is 0.697. The maximum atomic E-state index is 12.9. The van der Waals surface area contributed by atoms with Crippen molar-refractivity contribution in [1.29, 1.82) is 0 Å². The second-order valence-corrected chi connectivity index (χ2v) is 8.23. The van der Waals surface area contributed by atoms with Crippen LogP contribution in [0.4, 0.5) is 0 Å². The first-order valence-electron chi connectivity index (χ1n) is 10.7. The molecule has 0 bridgehead atoms. The number of aryl methyl sites for hydroxylation is 1. The zero-order valence-corrected chi connectivity index (χ0v) is 16.9. The lowest BCUT2D eigenvalue weighted by molar-refractivity contribution is 0.0826. The lowest BCUT2D eigenvalue weighted by atomic mass is 9.99. The van der Waals surface area contributed by atoms with Crippen LogP contribution in [0.25, 0.3) is 10.8 Å². The van der Waals surface area contributed by atoms with Crippen LogP contribution in [0.5, 0.6) is 5.75 Å². The number of benzene rings is 2. The average Bonchev–Trinajstić information content (AvgIpc) is 3.08. The number of ether oxygens (including phenoxy) is 1. The van der Waals surface area contributed by atoms with E-state index in [1.165, 1.54) is 0 Å². The number of phenols is 1. The lowest BCUT2D eigenvalue weighted by Crippen LogP contribution is -2.35. The number of amides is 1. The molecule has 0 aliphatic carbocycles. The topological polar surface area (TPSA) is 89.3 Å². The Hall–Kier alpha value is -2.93. The predicted molar refractivity (Wildman–Crippen MR) is 113 cm³/mol. The van der Waals surface area contributed by atoms with E-state index in [9.17, 15) is 9.90 Å². The van der Waals surface area contributed by atoms with Crippen molar-refractivity contribution in [2.45, 2.75) is 50.6 Å².